The van der Waals surface area contributed by atoms with Gasteiger partial charge in [-0.15, -0.1) is 0 Å². The number of aromatic nitrogens is 1. The standard InChI is InChI=1S/C23H29N3O.C4H4O4/c1-26-14-16(23(27)25-17-7-4-2-3-5-8-17)11-19-18-9-6-10-20-22(18)15(13-24-20)12-21(19)26;5-3(6)1-2-4(7)8/h6,9-11,13,16-17,21,24H,2-5,7-8,12,14H2,1H3,(H,25,27);1-2H,(H,5,6)(H,7,8)/b;2-1-/t16-,21-;/m1./s1. The lowest BCUT2D eigenvalue weighted by Gasteiger charge is -2.39. The van der Waals surface area contributed by atoms with Crippen LogP contribution in [0.25, 0.3) is 16.5 Å². The molecule has 2 aromatic rings. The van der Waals surface area contributed by atoms with Crippen molar-refractivity contribution >= 4 is 34.3 Å². The Kier molecular flexibility index (Phi) is 7.70. The second kappa shape index (κ2) is 10.9. The molecular formula is C27H33N3O5. The number of fused-ring (bicyclic) bond motifs is 2. The van der Waals surface area contributed by atoms with Gasteiger partial charge in [-0.05, 0) is 49.1 Å². The van der Waals surface area contributed by atoms with Gasteiger partial charge in [0.25, 0.3) is 0 Å². The highest BCUT2D eigenvalue weighted by Gasteiger charge is 2.36. The average molecular weight is 480 g/mol. The Labute approximate surface area is 204 Å². The summed E-state index contributed by atoms with van der Waals surface area (Å²) in [6.07, 6.45) is 14.0. The zero-order valence-electron chi connectivity index (χ0n) is 20.0. The number of hydrogen-bond donors (Lipinski definition) is 4. The van der Waals surface area contributed by atoms with Crippen LogP contribution < -0.4 is 5.32 Å². The topological polar surface area (TPSA) is 123 Å². The molecule has 0 bridgehead atoms. The first-order valence-corrected chi connectivity index (χ1v) is 12.3. The number of aliphatic carboxylic acids is 2. The second-order valence-corrected chi connectivity index (χ2v) is 9.64. The molecule has 0 spiro atoms. The Hall–Kier alpha value is -3.39. The van der Waals surface area contributed by atoms with Crippen LogP contribution in [0.1, 0.15) is 49.7 Å². The number of H-pyrrole nitrogens is 1. The minimum absolute atomic E-state index is 0.0553. The first kappa shape index (κ1) is 24.7. The molecule has 4 N–H and O–H groups in total. The van der Waals surface area contributed by atoms with Gasteiger partial charge in [0.05, 0.1) is 5.92 Å². The molecule has 8 nitrogen and oxygen atoms in total. The molecule has 2 heterocycles. The van der Waals surface area contributed by atoms with Crippen molar-refractivity contribution in [1.29, 1.82) is 0 Å². The molecule has 1 amide bonds. The van der Waals surface area contributed by atoms with Crippen molar-refractivity contribution in [2.24, 2.45) is 5.92 Å². The number of aromatic amines is 1. The van der Waals surface area contributed by atoms with E-state index in [-0.39, 0.29) is 11.8 Å². The van der Waals surface area contributed by atoms with Gasteiger partial charge in [-0.3, -0.25) is 9.69 Å². The molecule has 35 heavy (non-hydrogen) atoms. The lowest BCUT2D eigenvalue weighted by Crippen LogP contribution is -2.48. The van der Waals surface area contributed by atoms with Gasteiger partial charge in [-0.2, -0.15) is 0 Å². The number of carbonyl (C=O) groups is 3. The van der Waals surface area contributed by atoms with Crippen LogP contribution in [0.15, 0.2) is 42.6 Å². The largest absolute Gasteiger partial charge is 0.478 e. The number of carboxylic acid groups (broad SMARTS) is 2. The molecule has 0 radical (unpaired) electrons. The fourth-order valence-electron chi connectivity index (χ4n) is 5.49. The van der Waals surface area contributed by atoms with Crippen molar-refractivity contribution in [1.82, 2.24) is 15.2 Å². The van der Waals surface area contributed by atoms with Crippen LogP contribution in [0.2, 0.25) is 0 Å². The van der Waals surface area contributed by atoms with Gasteiger partial charge < -0.3 is 20.5 Å². The third kappa shape index (κ3) is 5.82. The fourth-order valence-corrected chi connectivity index (χ4v) is 5.49. The number of nitrogens with one attached hydrogen (secondary N) is 2. The molecule has 1 fully saturated rings. The van der Waals surface area contributed by atoms with Gasteiger partial charge in [-0.25, -0.2) is 9.59 Å². The number of likely N-dealkylation sites (N-methyl/N-ethyl adjacent to an activating group) is 1. The molecule has 3 aliphatic rings. The lowest BCUT2D eigenvalue weighted by atomic mass is 9.79. The smallest absolute Gasteiger partial charge is 0.328 e. The quantitative estimate of drug-likeness (QED) is 0.393. The molecule has 1 saturated carbocycles. The van der Waals surface area contributed by atoms with E-state index in [1.165, 1.54) is 53.3 Å². The van der Waals surface area contributed by atoms with Gasteiger partial charge in [-0.1, -0.05) is 43.9 Å². The molecule has 0 saturated heterocycles. The van der Waals surface area contributed by atoms with E-state index in [9.17, 15) is 14.4 Å². The Morgan fingerprint density at radius 1 is 1.06 bits per heavy atom. The maximum Gasteiger partial charge on any atom is 0.328 e. The predicted octanol–water partition coefficient (Wildman–Crippen LogP) is 3.59. The molecule has 8 heteroatoms. The maximum absolute atomic E-state index is 13.0. The van der Waals surface area contributed by atoms with E-state index in [1.807, 2.05) is 0 Å². The van der Waals surface area contributed by atoms with Crippen molar-refractivity contribution in [3.63, 3.8) is 0 Å². The van der Waals surface area contributed by atoms with Crippen LogP contribution in [-0.4, -0.2) is 63.6 Å². The predicted molar refractivity (Wildman–Crippen MR) is 134 cm³/mol. The van der Waals surface area contributed by atoms with Crippen LogP contribution in [0.5, 0.6) is 0 Å². The van der Waals surface area contributed by atoms with Crippen molar-refractivity contribution in [2.45, 2.75) is 57.0 Å². The molecule has 1 aromatic heterocycles. The molecule has 186 valence electrons. The van der Waals surface area contributed by atoms with Gasteiger partial charge in [0.1, 0.15) is 0 Å². The minimum Gasteiger partial charge on any atom is -0.478 e. The van der Waals surface area contributed by atoms with Crippen molar-refractivity contribution in [2.75, 3.05) is 13.6 Å². The van der Waals surface area contributed by atoms with E-state index in [0.29, 0.717) is 24.2 Å². The van der Waals surface area contributed by atoms with E-state index in [2.05, 4.69) is 52.7 Å². The van der Waals surface area contributed by atoms with Gasteiger partial charge in [0.15, 0.2) is 0 Å². The Morgan fingerprint density at radius 2 is 1.74 bits per heavy atom. The minimum atomic E-state index is -1.26. The van der Waals surface area contributed by atoms with Crippen LogP contribution >= 0.6 is 0 Å². The second-order valence-electron chi connectivity index (χ2n) is 9.64. The van der Waals surface area contributed by atoms with Crippen molar-refractivity contribution < 1.29 is 24.6 Å². The normalized spacial score (nSPS) is 22.5. The Morgan fingerprint density at radius 3 is 2.40 bits per heavy atom. The summed E-state index contributed by atoms with van der Waals surface area (Å²) in [5.41, 5.74) is 5.24. The molecule has 1 aliphatic heterocycles. The molecule has 2 aliphatic carbocycles. The summed E-state index contributed by atoms with van der Waals surface area (Å²) in [6.45, 7) is 0.808. The third-order valence-electron chi connectivity index (χ3n) is 7.18. The van der Waals surface area contributed by atoms with E-state index >= 15 is 0 Å². The Balaban J connectivity index is 0.000000314. The highest BCUT2D eigenvalue weighted by atomic mass is 16.4. The van der Waals surface area contributed by atoms with Gasteiger partial charge in [0, 0.05) is 47.9 Å². The number of amides is 1. The number of nitrogens with zero attached hydrogens (tertiary/aromatic N) is 1. The van der Waals surface area contributed by atoms with E-state index in [1.54, 1.807) is 0 Å². The summed E-state index contributed by atoms with van der Waals surface area (Å²) in [5, 5.41) is 20.3. The summed E-state index contributed by atoms with van der Waals surface area (Å²) in [6, 6.07) is 7.23. The van der Waals surface area contributed by atoms with Crippen LogP contribution in [-0.2, 0) is 20.8 Å². The number of carbonyl (C=O) groups excluding carboxylic acids is 1. The molecule has 1 aromatic carbocycles. The van der Waals surface area contributed by atoms with Crippen LogP contribution in [0.3, 0.4) is 0 Å². The third-order valence-corrected chi connectivity index (χ3v) is 7.18. The van der Waals surface area contributed by atoms with E-state index < -0.39 is 11.9 Å². The number of rotatable bonds is 4. The summed E-state index contributed by atoms with van der Waals surface area (Å²) in [7, 11) is 2.17. The van der Waals surface area contributed by atoms with Gasteiger partial charge >= 0.3 is 11.9 Å². The zero-order chi connectivity index (χ0) is 24.9. The first-order valence-electron chi connectivity index (χ1n) is 12.3. The Bertz CT molecular complexity index is 1140. The first-order chi connectivity index (χ1) is 16.8. The molecule has 0 unspecified atom stereocenters. The summed E-state index contributed by atoms with van der Waals surface area (Å²) >= 11 is 0. The number of benzene rings is 1. The zero-order valence-corrected chi connectivity index (χ0v) is 20.0. The average Bonchev–Trinajstić information content (AvgIpc) is 3.07. The number of carboxylic acids is 2. The van der Waals surface area contributed by atoms with E-state index in [4.69, 9.17) is 10.2 Å². The monoisotopic (exact) mass is 479 g/mol. The van der Waals surface area contributed by atoms with Crippen molar-refractivity contribution in [3.05, 3.63) is 53.8 Å². The maximum atomic E-state index is 13.0. The summed E-state index contributed by atoms with van der Waals surface area (Å²) in [5.74, 6) is -2.35. The van der Waals surface area contributed by atoms with E-state index in [0.717, 1.165) is 25.8 Å². The molecule has 2 atom stereocenters. The summed E-state index contributed by atoms with van der Waals surface area (Å²) < 4.78 is 0. The SMILES string of the molecule is CN1C[C@H](C(=O)NC2CCCCCC2)C=C2c3cccc4[nH]cc(c34)C[C@H]21.O=C(O)/C=C\C(=O)O. The molecule has 5 rings (SSSR count). The highest BCUT2D eigenvalue weighted by molar-refractivity contribution is 5.99. The van der Waals surface area contributed by atoms with Gasteiger partial charge in [0.2, 0.25) is 5.91 Å². The lowest BCUT2D eigenvalue weighted by molar-refractivity contribution is -0.134. The molecular weight excluding hydrogens is 446 g/mol. The fraction of sp³-hybridized carbons (Fsp3) is 0.444. The van der Waals surface area contributed by atoms with Crippen LogP contribution in [0.4, 0.5) is 0 Å². The van der Waals surface area contributed by atoms with Crippen molar-refractivity contribution in [3.8, 4) is 0 Å². The summed E-state index contributed by atoms with van der Waals surface area (Å²) in [4.78, 5) is 37.9. The highest BCUT2D eigenvalue weighted by Crippen LogP contribution is 2.40. The number of hydrogen-bond acceptors (Lipinski definition) is 4. The van der Waals surface area contributed by atoms with Crippen LogP contribution in [0, 0.1) is 5.92 Å².